The van der Waals surface area contributed by atoms with Crippen LogP contribution in [0.4, 0.5) is 0 Å². The first-order valence-electron chi connectivity index (χ1n) is 6.97. The molecule has 0 aliphatic heterocycles. The molecule has 0 atom stereocenters. The molecule has 0 radical (unpaired) electrons. The molecule has 0 aliphatic rings. The Kier molecular flexibility index (Phi) is 5.74. The molecule has 0 spiro atoms. The summed E-state index contributed by atoms with van der Waals surface area (Å²) in [6.07, 6.45) is 0. The van der Waals surface area contributed by atoms with Gasteiger partial charge in [0.2, 0.25) is 0 Å². The highest BCUT2D eigenvalue weighted by molar-refractivity contribution is 5.83. The Morgan fingerprint density at radius 3 is 1.10 bits per heavy atom. The van der Waals surface area contributed by atoms with Gasteiger partial charge in [0.25, 0.3) is 0 Å². The van der Waals surface area contributed by atoms with E-state index < -0.39 is 0 Å². The van der Waals surface area contributed by atoms with Crippen LogP contribution in [0.2, 0.25) is 0 Å². The van der Waals surface area contributed by atoms with Gasteiger partial charge in [-0.25, -0.2) is 0 Å². The van der Waals surface area contributed by atoms with Crippen LogP contribution in [0, 0.1) is 0 Å². The number of hydrogen-bond donors (Lipinski definition) is 0. The third-order valence-corrected chi connectivity index (χ3v) is 3.10. The van der Waals surface area contributed by atoms with E-state index in [1.807, 2.05) is 0 Å². The molecule has 0 N–H and O–H groups in total. The summed E-state index contributed by atoms with van der Waals surface area (Å²) >= 11 is 0. The van der Waals surface area contributed by atoms with E-state index in [1.165, 1.54) is 22.3 Å². The molecule has 0 heterocycles. The van der Waals surface area contributed by atoms with Crippen LogP contribution >= 0.6 is 0 Å². The number of benzene rings is 3. The van der Waals surface area contributed by atoms with E-state index in [0.29, 0.717) is 0 Å². The average Bonchev–Trinajstić information content (AvgIpc) is 2.57. The van der Waals surface area contributed by atoms with Gasteiger partial charge in [-0.3, -0.25) is 0 Å². The number of ether oxygens (including phenoxy) is 1. The van der Waals surface area contributed by atoms with E-state index in [4.69, 9.17) is 0 Å². The molecule has 1 heteroatoms. The summed E-state index contributed by atoms with van der Waals surface area (Å²) in [7, 11) is 3.25. The summed E-state index contributed by atoms with van der Waals surface area (Å²) in [5.74, 6) is 0. The quantitative estimate of drug-likeness (QED) is 0.618. The average molecular weight is 276 g/mol. The van der Waals surface area contributed by atoms with E-state index in [2.05, 4.69) is 89.7 Å². The van der Waals surface area contributed by atoms with Crippen LogP contribution in [0.15, 0.2) is 84.9 Å². The van der Waals surface area contributed by atoms with Gasteiger partial charge in [-0.1, -0.05) is 84.9 Å². The van der Waals surface area contributed by atoms with Crippen molar-refractivity contribution in [3.05, 3.63) is 84.9 Å². The second kappa shape index (κ2) is 8.03. The number of methoxy groups -OCH3 is 1. The van der Waals surface area contributed by atoms with Crippen LogP contribution in [0.5, 0.6) is 0 Å². The Balaban J connectivity index is 0.000000497. The molecule has 106 valence electrons. The van der Waals surface area contributed by atoms with E-state index in [0.717, 1.165) is 0 Å². The first-order valence-corrected chi connectivity index (χ1v) is 6.97. The molecule has 0 aromatic heterocycles. The van der Waals surface area contributed by atoms with Crippen LogP contribution in [0.1, 0.15) is 0 Å². The van der Waals surface area contributed by atoms with E-state index in [9.17, 15) is 0 Å². The molecule has 21 heavy (non-hydrogen) atoms. The molecule has 0 aliphatic carbocycles. The third-order valence-electron chi connectivity index (χ3n) is 3.10. The molecule has 3 aromatic carbocycles. The van der Waals surface area contributed by atoms with Crippen molar-refractivity contribution in [3.8, 4) is 22.3 Å². The highest BCUT2D eigenvalue weighted by Crippen LogP contribution is 2.31. The fraction of sp³-hybridized carbons (Fsp3) is 0.100. The van der Waals surface area contributed by atoms with Gasteiger partial charge in [0.1, 0.15) is 0 Å². The summed E-state index contributed by atoms with van der Waals surface area (Å²) in [5.41, 5.74) is 5.09. The van der Waals surface area contributed by atoms with E-state index >= 15 is 0 Å². The van der Waals surface area contributed by atoms with Crippen molar-refractivity contribution in [1.29, 1.82) is 0 Å². The van der Waals surface area contributed by atoms with Gasteiger partial charge < -0.3 is 4.74 Å². The van der Waals surface area contributed by atoms with Gasteiger partial charge in [0, 0.05) is 14.2 Å². The van der Waals surface area contributed by atoms with Crippen molar-refractivity contribution < 1.29 is 4.74 Å². The molecule has 3 aromatic rings. The van der Waals surface area contributed by atoms with Crippen molar-refractivity contribution in [2.75, 3.05) is 14.2 Å². The maximum atomic E-state index is 4.25. The monoisotopic (exact) mass is 276 g/mol. The lowest BCUT2D eigenvalue weighted by molar-refractivity contribution is 0.277. The second-order valence-electron chi connectivity index (χ2n) is 4.69. The topological polar surface area (TPSA) is 9.23 Å². The maximum Gasteiger partial charge on any atom is 0.0351 e. The molecular formula is C20H20O. The van der Waals surface area contributed by atoms with Gasteiger partial charge in [-0.15, -0.1) is 0 Å². The minimum absolute atomic E-state index is 1.26. The minimum Gasteiger partial charge on any atom is -0.388 e. The highest BCUT2D eigenvalue weighted by Gasteiger charge is 2.05. The standard InChI is InChI=1S/C18H14.C2H6O/c1-3-9-15(10-4-1)17-13-7-8-14-18(17)16-11-5-2-6-12-16;1-3-2/h1-14H;1-2H3. The molecule has 0 saturated carbocycles. The summed E-state index contributed by atoms with van der Waals surface area (Å²) in [4.78, 5) is 0. The smallest absolute Gasteiger partial charge is 0.0351 e. The Morgan fingerprint density at radius 1 is 0.476 bits per heavy atom. The normalized spacial score (nSPS) is 9.62. The van der Waals surface area contributed by atoms with Crippen molar-refractivity contribution in [2.24, 2.45) is 0 Å². The molecule has 0 unspecified atom stereocenters. The Labute approximate surface area is 126 Å². The van der Waals surface area contributed by atoms with Gasteiger partial charge in [0.05, 0.1) is 0 Å². The Hall–Kier alpha value is -2.38. The molecule has 1 nitrogen and oxygen atoms in total. The molecular weight excluding hydrogens is 256 g/mol. The summed E-state index contributed by atoms with van der Waals surface area (Å²) in [6.45, 7) is 0. The summed E-state index contributed by atoms with van der Waals surface area (Å²) in [6, 6.07) is 29.6. The van der Waals surface area contributed by atoms with Gasteiger partial charge in [-0.05, 0) is 22.3 Å². The number of hydrogen-bond acceptors (Lipinski definition) is 1. The molecule has 0 amide bonds. The van der Waals surface area contributed by atoms with Crippen molar-refractivity contribution >= 4 is 0 Å². The van der Waals surface area contributed by atoms with E-state index in [1.54, 1.807) is 14.2 Å². The Morgan fingerprint density at radius 2 is 0.762 bits per heavy atom. The largest absolute Gasteiger partial charge is 0.388 e. The lowest BCUT2D eigenvalue weighted by atomic mass is 9.95. The summed E-state index contributed by atoms with van der Waals surface area (Å²) in [5, 5.41) is 0. The lowest BCUT2D eigenvalue weighted by Gasteiger charge is -2.09. The predicted molar refractivity (Wildman–Crippen MR) is 90.2 cm³/mol. The van der Waals surface area contributed by atoms with E-state index in [-0.39, 0.29) is 0 Å². The van der Waals surface area contributed by atoms with Crippen molar-refractivity contribution in [1.82, 2.24) is 0 Å². The van der Waals surface area contributed by atoms with Crippen molar-refractivity contribution in [3.63, 3.8) is 0 Å². The van der Waals surface area contributed by atoms with Gasteiger partial charge in [-0.2, -0.15) is 0 Å². The fourth-order valence-corrected chi connectivity index (χ4v) is 2.22. The zero-order chi connectivity index (χ0) is 14.9. The van der Waals surface area contributed by atoms with Crippen LogP contribution in [-0.2, 0) is 4.74 Å². The predicted octanol–water partition coefficient (Wildman–Crippen LogP) is 5.28. The molecule has 0 saturated heterocycles. The number of rotatable bonds is 2. The van der Waals surface area contributed by atoms with Crippen LogP contribution < -0.4 is 0 Å². The molecule has 3 rings (SSSR count). The third kappa shape index (κ3) is 4.04. The molecule has 0 bridgehead atoms. The zero-order valence-electron chi connectivity index (χ0n) is 12.5. The van der Waals surface area contributed by atoms with Crippen LogP contribution in [0.25, 0.3) is 22.3 Å². The SMILES string of the molecule is COC.c1ccc(-c2ccccc2-c2ccccc2)cc1. The van der Waals surface area contributed by atoms with Crippen LogP contribution in [0.3, 0.4) is 0 Å². The minimum atomic E-state index is 1.26. The van der Waals surface area contributed by atoms with Gasteiger partial charge in [0.15, 0.2) is 0 Å². The van der Waals surface area contributed by atoms with Gasteiger partial charge >= 0.3 is 0 Å². The first-order chi connectivity index (χ1) is 10.4. The maximum absolute atomic E-state index is 4.25. The lowest BCUT2D eigenvalue weighted by Crippen LogP contribution is -1.83. The molecule has 0 fully saturated rings. The second-order valence-corrected chi connectivity index (χ2v) is 4.69. The Bertz CT molecular complexity index is 586. The van der Waals surface area contributed by atoms with Crippen molar-refractivity contribution in [2.45, 2.75) is 0 Å². The zero-order valence-corrected chi connectivity index (χ0v) is 12.5. The highest BCUT2D eigenvalue weighted by atomic mass is 16.4. The van der Waals surface area contributed by atoms with Crippen LogP contribution in [-0.4, -0.2) is 14.2 Å². The fourth-order valence-electron chi connectivity index (χ4n) is 2.22. The summed E-state index contributed by atoms with van der Waals surface area (Å²) < 4.78 is 4.25. The first kappa shape index (κ1) is 15.0.